The molecule has 3 rings (SSSR count). The van der Waals surface area contributed by atoms with Crippen molar-refractivity contribution in [3.05, 3.63) is 94.5 Å². The molecule has 0 heterocycles. The van der Waals surface area contributed by atoms with Crippen molar-refractivity contribution in [3.8, 4) is 5.75 Å². The molecule has 0 aromatic heterocycles. The van der Waals surface area contributed by atoms with Gasteiger partial charge in [-0.15, -0.1) is 0 Å². The first-order valence-electron chi connectivity index (χ1n) is 8.28. The Balaban J connectivity index is 1.60. The van der Waals surface area contributed by atoms with E-state index in [1.54, 1.807) is 30.3 Å². The van der Waals surface area contributed by atoms with Crippen LogP contribution >= 0.6 is 11.6 Å². The van der Waals surface area contributed by atoms with E-state index in [4.69, 9.17) is 16.3 Å². The van der Waals surface area contributed by atoms with E-state index in [0.29, 0.717) is 16.3 Å². The maximum atomic E-state index is 12.6. The van der Waals surface area contributed by atoms with Gasteiger partial charge >= 0.3 is 6.18 Å². The topological polar surface area (TPSA) is 38.3 Å². The molecule has 3 aromatic rings. The summed E-state index contributed by atoms with van der Waals surface area (Å²) in [6, 6.07) is 18.0. The Morgan fingerprint density at radius 1 is 0.929 bits per heavy atom. The highest BCUT2D eigenvalue weighted by atomic mass is 35.5. The molecule has 0 atom stereocenters. The van der Waals surface area contributed by atoms with Gasteiger partial charge < -0.3 is 10.1 Å². The highest BCUT2D eigenvalue weighted by Crippen LogP contribution is 2.30. The van der Waals surface area contributed by atoms with Gasteiger partial charge in [-0.25, -0.2) is 0 Å². The Kier molecular flexibility index (Phi) is 5.90. The maximum absolute atomic E-state index is 12.6. The van der Waals surface area contributed by atoms with E-state index in [1.807, 2.05) is 18.2 Å². The SMILES string of the molecule is O=C(Nc1ccc(C(F)(F)F)cc1)c1ccc(OCc2ccccc2Cl)cc1. The first-order valence-corrected chi connectivity index (χ1v) is 8.65. The van der Waals surface area contributed by atoms with Crippen molar-refractivity contribution in [2.75, 3.05) is 5.32 Å². The quantitative estimate of drug-likeness (QED) is 0.549. The zero-order valence-electron chi connectivity index (χ0n) is 14.5. The van der Waals surface area contributed by atoms with Gasteiger partial charge in [0.2, 0.25) is 0 Å². The van der Waals surface area contributed by atoms with Crippen LogP contribution in [0.2, 0.25) is 5.02 Å². The Hall–Kier alpha value is -2.99. The minimum Gasteiger partial charge on any atom is -0.489 e. The van der Waals surface area contributed by atoms with E-state index < -0.39 is 17.6 Å². The number of halogens is 4. The van der Waals surface area contributed by atoms with Crippen LogP contribution in [0.4, 0.5) is 18.9 Å². The van der Waals surface area contributed by atoms with Crippen LogP contribution in [0, 0.1) is 0 Å². The van der Waals surface area contributed by atoms with E-state index in [-0.39, 0.29) is 12.3 Å². The molecule has 0 aliphatic carbocycles. The van der Waals surface area contributed by atoms with Gasteiger partial charge in [0.1, 0.15) is 12.4 Å². The molecule has 7 heteroatoms. The lowest BCUT2D eigenvalue weighted by Gasteiger charge is -2.10. The molecule has 3 nitrogen and oxygen atoms in total. The second kappa shape index (κ2) is 8.35. The lowest BCUT2D eigenvalue weighted by molar-refractivity contribution is -0.137. The van der Waals surface area contributed by atoms with Crippen molar-refractivity contribution in [2.45, 2.75) is 12.8 Å². The predicted molar refractivity (Wildman–Crippen MR) is 102 cm³/mol. The summed E-state index contributed by atoms with van der Waals surface area (Å²) in [5, 5.41) is 3.16. The lowest BCUT2D eigenvalue weighted by atomic mass is 10.1. The Morgan fingerprint density at radius 3 is 2.18 bits per heavy atom. The van der Waals surface area contributed by atoms with Gasteiger partial charge in [-0.2, -0.15) is 13.2 Å². The third-order valence-electron chi connectivity index (χ3n) is 3.94. The molecule has 0 radical (unpaired) electrons. The summed E-state index contributed by atoms with van der Waals surface area (Å²) >= 11 is 6.07. The number of hydrogen-bond donors (Lipinski definition) is 1. The third kappa shape index (κ3) is 5.04. The molecule has 0 aliphatic rings. The highest BCUT2D eigenvalue weighted by molar-refractivity contribution is 6.31. The molecule has 0 spiro atoms. The predicted octanol–water partition coefficient (Wildman–Crippen LogP) is 6.19. The minimum atomic E-state index is -4.41. The van der Waals surface area contributed by atoms with Gasteiger partial charge in [-0.1, -0.05) is 29.8 Å². The monoisotopic (exact) mass is 405 g/mol. The second-order valence-electron chi connectivity index (χ2n) is 5.93. The Bertz CT molecular complexity index is 955. The van der Waals surface area contributed by atoms with Crippen LogP contribution in [-0.4, -0.2) is 5.91 Å². The van der Waals surface area contributed by atoms with E-state index in [9.17, 15) is 18.0 Å². The summed E-state index contributed by atoms with van der Waals surface area (Å²) < 4.78 is 43.4. The van der Waals surface area contributed by atoms with Gasteiger partial charge in [0.15, 0.2) is 0 Å². The van der Waals surface area contributed by atoms with Crippen molar-refractivity contribution in [3.63, 3.8) is 0 Å². The molecule has 0 aliphatic heterocycles. The van der Waals surface area contributed by atoms with Gasteiger partial charge in [-0.05, 0) is 54.6 Å². The van der Waals surface area contributed by atoms with Crippen LogP contribution in [0.25, 0.3) is 0 Å². The van der Waals surface area contributed by atoms with Crippen LogP contribution in [0.3, 0.4) is 0 Å². The van der Waals surface area contributed by atoms with Gasteiger partial charge in [0.05, 0.1) is 5.56 Å². The van der Waals surface area contributed by atoms with Crippen molar-refractivity contribution >= 4 is 23.2 Å². The lowest BCUT2D eigenvalue weighted by Crippen LogP contribution is -2.12. The summed E-state index contributed by atoms with van der Waals surface area (Å²) in [7, 11) is 0. The molecule has 144 valence electrons. The van der Waals surface area contributed by atoms with Crippen molar-refractivity contribution in [2.24, 2.45) is 0 Å². The number of amides is 1. The molecule has 1 amide bonds. The van der Waals surface area contributed by atoms with Gasteiger partial charge in [0, 0.05) is 21.8 Å². The fourth-order valence-electron chi connectivity index (χ4n) is 2.42. The van der Waals surface area contributed by atoms with E-state index in [0.717, 1.165) is 17.7 Å². The summed E-state index contributed by atoms with van der Waals surface area (Å²) in [6.45, 7) is 0.288. The molecule has 0 fully saturated rings. The minimum absolute atomic E-state index is 0.275. The summed E-state index contributed by atoms with van der Waals surface area (Å²) in [5.74, 6) is 0.128. The molecule has 0 saturated carbocycles. The number of nitrogens with one attached hydrogen (secondary N) is 1. The number of carbonyl (C=O) groups is 1. The number of ether oxygens (including phenoxy) is 1. The van der Waals surface area contributed by atoms with Gasteiger partial charge in [0.25, 0.3) is 5.91 Å². The molecule has 1 N–H and O–H groups in total. The first-order chi connectivity index (χ1) is 13.3. The number of anilines is 1. The number of benzene rings is 3. The van der Waals surface area contributed by atoms with Crippen LogP contribution < -0.4 is 10.1 Å². The number of carbonyl (C=O) groups excluding carboxylic acids is 1. The molecule has 0 bridgehead atoms. The second-order valence-corrected chi connectivity index (χ2v) is 6.34. The molecular formula is C21H15ClF3NO2. The Labute approximate surface area is 164 Å². The fraction of sp³-hybridized carbons (Fsp3) is 0.0952. The normalized spacial score (nSPS) is 11.1. The molecule has 0 saturated heterocycles. The standard InChI is InChI=1S/C21H15ClF3NO2/c22-19-4-2-1-3-15(19)13-28-18-11-5-14(6-12-18)20(27)26-17-9-7-16(8-10-17)21(23,24)25/h1-12H,13H2,(H,26,27). The summed E-state index contributed by atoms with van der Waals surface area (Å²) in [4.78, 5) is 12.2. The highest BCUT2D eigenvalue weighted by Gasteiger charge is 2.29. The summed E-state index contributed by atoms with van der Waals surface area (Å²) in [5.41, 5.74) is 0.695. The molecule has 0 unspecified atom stereocenters. The number of rotatable bonds is 5. The van der Waals surface area contributed by atoms with E-state index in [2.05, 4.69) is 5.32 Å². The average Bonchev–Trinajstić information content (AvgIpc) is 2.67. The van der Waals surface area contributed by atoms with Crippen molar-refractivity contribution in [1.82, 2.24) is 0 Å². The zero-order valence-corrected chi connectivity index (χ0v) is 15.2. The fourth-order valence-corrected chi connectivity index (χ4v) is 2.62. The number of alkyl halides is 3. The smallest absolute Gasteiger partial charge is 0.416 e. The van der Waals surface area contributed by atoms with Gasteiger partial charge in [-0.3, -0.25) is 4.79 Å². The van der Waals surface area contributed by atoms with Crippen molar-refractivity contribution < 1.29 is 22.7 Å². The molecule has 28 heavy (non-hydrogen) atoms. The largest absolute Gasteiger partial charge is 0.489 e. The first kappa shape index (κ1) is 19.8. The van der Waals surface area contributed by atoms with E-state index in [1.165, 1.54) is 12.1 Å². The van der Waals surface area contributed by atoms with Crippen molar-refractivity contribution in [1.29, 1.82) is 0 Å². The number of hydrogen-bond acceptors (Lipinski definition) is 2. The summed E-state index contributed by atoms with van der Waals surface area (Å²) in [6.07, 6.45) is -4.41. The third-order valence-corrected chi connectivity index (χ3v) is 4.31. The van der Waals surface area contributed by atoms with Crippen LogP contribution in [0.5, 0.6) is 5.75 Å². The maximum Gasteiger partial charge on any atom is 0.416 e. The van der Waals surface area contributed by atoms with Crippen LogP contribution in [-0.2, 0) is 12.8 Å². The average molecular weight is 406 g/mol. The van der Waals surface area contributed by atoms with Crippen LogP contribution in [0.1, 0.15) is 21.5 Å². The van der Waals surface area contributed by atoms with Crippen LogP contribution in [0.15, 0.2) is 72.8 Å². The zero-order chi connectivity index (χ0) is 20.1. The Morgan fingerprint density at radius 2 is 1.57 bits per heavy atom. The molecule has 3 aromatic carbocycles. The molecular weight excluding hydrogens is 391 g/mol. The van der Waals surface area contributed by atoms with E-state index >= 15 is 0 Å².